The predicted octanol–water partition coefficient (Wildman–Crippen LogP) is 5.86. The van der Waals surface area contributed by atoms with Crippen molar-refractivity contribution in [3.05, 3.63) is 0 Å². The molecule has 0 spiro atoms. The van der Waals surface area contributed by atoms with E-state index in [1.807, 2.05) is 0 Å². The Bertz CT molecular complexity index is 271. The third-order valence-corrected chi connectivity index (χ3v) is 6.69. The third-order valence-electron chi connectivity index (χ3n) is 3.80. The van der Waals surface area contributed by atoms with Crippen LogP contribution in [0.4, 0.5) is 0 Å². The number of nitrogens with one attached hydrogen (secondary N) is 1. The van der Waals surface area contributed by atoms with Crippen LogP contribution in [0.5, 0.6) is 0 Å². The molecule has 0 aliphatic carbocycles. The van der Waals surface area contributed by atoms with E-state index in [0.29, 0.717) is 0 Å². The average Bonchev–Trinajstić information content (AvgIpc) is 2.60. The second kappa shape index (κ2) is 21.5. The van der Waals surface area contributed by atoms with Crippen molar-refractivity contribution in [1.82, 2.24) is 0 Å². The van der Waals surface area contributed by atoms with E-state index in [1.54, 1.807) is 0 Å². The van der Waals surface area contributed by atoms with Crippen molar-refractivity contribution in [3.63, 3.8) is 0 Å². The molecule has 0 bridgehead atoms. The lowest BCUT2D eigenvalue weighted by Crippen LogP contribution is -2.46. The van der Waals surface area contributed by atoms with Gasteiger partial charge in [-0.3, -0.25) is 0 Å². The molecular formula is C19H41NO4Si. The molecule has 0 amide bonds. The van der Waals surface area contributed by atoms with Crippen LogP contribution in [0.1, 0.15) is 91.9 Å². The summed E-state index contributed by atoms with van der Waals surface area (Å²) in [6.45, 7) is 11.2. The molecule has 25 heavy (non-hydrogen) atoms. The summed E-state index contributed by atoms with van der Waals surface area (Å²) in [6, 6.07) is 0.990. The van der Waals surface area contributed by atoms with Crippen LogP contribution in [0, 0.1) is 5.41 Å². The van der Waals surface area contributed by atoms with Crippen molar-refractivity contribution in [2.45, 2.75) is 97.9 Å². The van der Waals surface area contributed by atoms with Gasteiger partial charge in [-0.1, -0.05) is 66.2 Å². The van der Waals surface area contributed by atoms with Gasteiger partial charge in [-0.05, 0) is 25.7 Å². The molecule has 0 radical (unpaired) electrons. The Kier molecular flexibility index (Phi) is 23.0. The summed E-state index contributed by atoms with van der Waals surface area (Å²) in [5.74, 6) is 0. The fraction of sp³-hybridized carbons (Fsp3) is 0.947. The molecule has 0 saturated heterocycles. The Hall–Kier alpha value is -0.523. The zero-order valence-electron chi connectivity index (χ0n) is 17.0. The fourth-order valence-corrected chi connectivity index (χ4v) is 4.96. The molecule has 0 saturated carbocycles. The summed E-state index contributed by atoms with van der Waals surface area (Å²) in [5, 5.41) is 5.40. The second-order valence-corrected chi connectivity index (χ2v) is 8.93. The molecular weight excluding hydrogens is 334 g/mol. The molecule has 5 nitrogen and oxygen atoms in total. The molecule has 1 N–H and O–H groups in total. The molecule has 0 aromatic carbocycles. The van der Waals surface area contributed by atoms with Crippen molar-refractivity contribution in [3.8, 4) is 0 Å². The van der Waals surface area contributed by atoms with Crippen LogP contribution < -0.4 is 0 Å². The zero-order valence-corrected chi connectivity index (χ0v) is 18.0. The van der Waals surface area contributed by atoms with E-state index < -0.39 is 8.80 Å². The Balaban J connectivity index is 0. The summed E-state index contributed by atoms with van der Waals surface area (Å²) in [5.41, 5.74) is 0. The van der Waals surface area contributed by atoms with Gasteiger partial charge in [0, 0.05) is 25.9 Å². The normalized spacial score (nSPS) is 10.9. The third kappa shape index (κ3) is 18.1. The summed E-state index contributed by atoms with van der Waals surface area (Å²) in [7, 11) is -2.46. The first-order valence-electron chi connectivity index (χ1n) is 10.1. The monoisotopic (exact) mass is 375 g/mol. The molecule has 0 rings (SSSR count). The fourth-order valence-electron chi connectivity index (χ4n) is 2.23. The highest BCUT2D eigenvalue weighted by Gasteiger charge is 2.40. The summed E-state index contributed by atoms with van der Waals surface area (Å²) in [6.07, 6.45) is 12.5. The Morgan fingerprint density at radius 1 is 0.680 bits per heavy atom. The van der Waals surface area contributed by atoms with Gasteiger partial charge in [0.25, 0.3) is 0 Å². The molecule has 0 heterocycles. The van der Waals surface area contributed by atoms with Crippen LogP contribution in [0.25, 0.3) is 0 Å². The Labute approximate surface area is 156 Å². The molecule has 0 aromatic rings. The standard InChI is InChI=1S/C18H40O3Si.CHNO/c1-5-9-13-14-18-22(19-15-10-6-2,20-16-11-7-3)21-17-12-8-4;2-1-3/h5-18H2,1-4H3;2H. The van der Waals surface area contributed by atoms with Gasteiger partial charge in [0.2, 0.25) is 6.08 Å². The van der Waals surface area contributed by atoms with Crippen molar-refractivity contribution in [2.24, 2.45) is 0 Å². The maximum Gasteiger partial charge on any atom is 0.500 e. The van der Waals surface area contributed by atoms with Gasteiger partial charge >= 0.3 is 8.80 Å². The minimum atomic E-state index is -2.46. The van der Waals surface area contributed by atoms with Gasteiger partial charge in [0.1, 0.15) is 0 Å². The van der Waals surface area contributed by atoms with E-state index in [2.05, 4.69) is 27.7 Å². The van der Waals surface area contributed by atoms with E-state index >= 15 is 0 Å². The van der Waals surface area contributed by atoms with E-state index in [1.165, 1.54) is 25.7 Å². The highest BCUT2D eigenvalue weighted by Crippen LogP contribution is 2.22. The molecule has 0 aliphatic heterocycles. The van der Waals surface area contributed by atoms with Crippen molar-refractivity contribution in [2.75, 3.05) is 19.8 Å². The van der Waals surface area contributed by atoms with Crippen LogP contribution in [0.2, 0.25) is 6.04 Å². The molecule has 0 unspecified atom stereocenters. The van der Waals surface area contributed by atoms with E-state index in [-0.39, 0.29) is 0 Å². The van der Waals surface area contributed by atoms with Gasteiger partial charge in [0.15, 0.2) is 0 Å². The molecule has 0 aromatic heterocycles. The van der Waals surface area contributed by atoms with Crippen LogP contribution in [0.15, 0.2) is 0 Å². The number of carbonyl (C=O) groups excluding carboxylic acids is 1. The van der Waals surface area contributed by atoms with Crippen LogP contribution in [-0.2, 0) is 18.1 Å². The van der Waals surface area contributed by atoms with Gasteiger partial charge in [-0.2, -0.15) is 0 Å². The molecule has 6 heteroatoms. The highest BCUT2D eigenvalue weighted by atomic mass is 28.4. The SMILES string of the molecule is CCCCCC[Si](OCCCC)(OCCCC)OCCCC.N=C=O. The lowest BCUT2D eigenvalue weighted by molar-refractivity contribution is 0.0557. The minimum absolute atomic E-state index is 0.750. The Morgan fingerprint density at radius 2 is 1.04 bits per heavy atom. The molecule has 0 atom stereocenters. The summed E-state index contributed by atoms with van der Waals surface area (Å²) >= 11 is 0. The topological polar surface area (TPSA) is 68.6 Å². The maximum absolute atomic E-state index is 8.35. The summed E-state index contributed by atoms with van der Waals surface area (Å²) < 4.78 is 18.7. The zero-order chi connectivity index (χ0) is 19.2. The first-order valence-corrected chi connectivity index (χ1v) is 12.0. The first-order chi connectivity index (χ1) is 12.2. The van der Waals surface area contributed by atoms with Gasteiger partial charge < -0.3 is 13.3 Å². The van der Waals surface area contributed by atoms with E-state index in [0.717, 1.165) is 70.5 Å². The number of rotatable bonds is 17. The van der Waals surface area contributed by atoms with Gasteiger partial charge in [-0.25, -0.2) is 10.2 Å². The van der Waals surface area contributed by atoms with Crippen LogP contribution in [0.3, 0.4) is 0 Å². The molecule has 0 aliphatic rings. The lowest BCUT2D eigenvalue weighted by Gasteiger charge is -2.30. The van der Waals surface area contributed by atoms with E-state index in [4.69, 9.17) is 23.5 Å². The van der Waals surface area contributed by atoms with Crippen molar-refractivity contribution in [1.29, 1.82) is 5.41 Å². The van der Waals surface area contributed by atoms with Gasteiger partial charge in [-0.15, -0.1) is 0 Å². The van der Waals surface area contributed by atoms with Crippen LogP contribution in [-0.4, -0.2) is 34.7 Å². The molecule has 150 valence electrons. The highest BCUT2D eigenvalue weighted by molar-refractivity contribution is 6.60. The minimum Gasteiger partial charge on any atom is -0.373 e. The van der Waals surface area contributed by atoms with Gasteiger partial charge in [0.05, 0.1) is 0 Å². The smallest absolute Gasteiger partial charge is 0.373 e. The van der Waals surface area contributed by atoms with E-state index in [9.17, 15) is 0 Å². The maximum atomic E-state index is 8.35. The predicted molar refractivity (Wildman–Crippen MR) is 106 cm³/mol. The second-order valence-electron chi connectivity index (χ2n) is 6.20. The average molecular weight is 376 g/mol. The largest absolute Gasteiger partial charge is 0.500 e. The number of unbranched alkanes of at least 4 members (excludes halogenated alkanes) is 6. The lowest BCUT2D eigenvalue weighted by atomic mass is 10.2. The number of hydrogen-bond donors (Lipinski definition) is 1. The van der Waals surface area contributed by atoms with Crippen molar-refractivity contribution < 1.29 is 18.1 Å². The summed E-state index contributed by atoms with van der Waals surface area (Å²) in [4.78, 5) is 8.35. The number of hydrogen-bond acceptors (Lipinski definition) is 5. The first kappa shape index (κ1) is 26.7. The quantitative estimate of drug-likeness (QED) is 0.150. The number of isocyanates is 1. The molecule has 0 fully saturated rings. The van der Waals surface area contributed by atoms with Crippen molar-refractivity contribution >= 4 is 14.9 Å². The van der Waals surface area contributed by atoms with Crippen LogP contribution >= 0.6 is 0 Å². The Morgan fingerprint density at radius 3 is 1.36 bits per heavy atom.